The molecule has 2 aromatic rings. The van der Waals surface area contributed by atoms with E-state index in [1.54, 1.807) is 38.1 Å². The lowest BCUT2D eigenvalue weighted by Crippen LogP contribution is -2.30. The number of hydrogen-bond acceptors (Lipinski definition) is 4. The molecule has 0 aromatic heterocycles. The molecule has 5 heteroatoms. The van der Waals surface area contributed by atoms with Crippen molar-refractivity contribution in [2.45, 2.75) is 33.3 Å². The number of hydrogen-bond donors (Lipinski definition) is 1. The summed E-state index contributed by atoms with van der Waals surface area (Å²) in [6, 6.07) is 14.2. The molecule has 2 rings (SSSR count). The number of carbonyl (C=O) groups excluding carboxylic acids is 2. The maximum Gasteiger partial charge on any atom is 0.338 e. The van der Waals surface area contributed by atoms with Crippen molar-refractivity contribution in [1.82, 2.24) is 0 Å². The van der Waals surface area contributed by atoms with Crippen molar-refractivity contribution in [3.8, 4) is 5.75 Å². The highest BCUT2D eigenvalue weighted by Crippen LogP contribution is 2.20. The Kier molecular flexibility index (Phi) is 6.57. The zero-order valence-electron chi connectivity index (χ0n) is 14.7. The minimum absolute atomic E-state index is 0.255. The SMILES string of the molecule is CCOC(=O)c1ccc(NC(=O)[C@@H](C)Oc2ccccc2CC)cc1. The third-order valence-corrected chi connectivity index (χ3v) is 3.69. The maximum atomic E-state index is 12.3. The molecule has 25 heavy (non-hydrogen) atoms. The van der Waals surface area contributed by atoms with Crippen LogP contribution in [0.15, 0.2) is 48.5 Å². The van der Waals surface area contributed by atoms with Crippen LogP contribution in [0.25, 0.3) is 0 Å². The Hall–Kier alpha value is -2.82. The number of para-hydroxylation sites is 1. The van der Waals surface area contributed by atoms with E-state index in [0.717, 1.165) is 12.0 Å². The van der Waals surface area contributed by atoms with Gasteiger partial charge in [-0.2, -0.15) is 0 Å². The molecular weight excluding hydrogens is 318 g/mol. The average Bonchev–Trinajstić information content (AvgIpc) is 2.63. The molecule has 2 aromatic carbocycles. The normalized spacial score (nSPS) is 11.5. The molecule has 0 aliphatic heterocycles. The van der Waals surface area contributed by atoms with Crippen LogP contribution in [0.4, 0.5) is 5.69 Å². The number of rotatable bonds is 7. The third kappa shape index (κ3) is 5.08. The van der Waals surface area contributed by atoms with E-state index in [0.29, 0.717) is 23.6 Å². The molecule has 1 N–H and O–H groups in total. The molecule has 1 amide bonds. The second kappa shape index (κ2) is 8.87. The molecule has 5 nitrogen and oxygen atoms in total. The number of ether oxygens (including phenoxy) is 2. The van der Waals surface area contributed by atoms with Crippen LogP contribution >= 0.6 is 0 Å². The van der Waals surface area contributed by atoms with Crippen molar-refractivity contribution in [3.05, 3.63) is 59.7 Å². The van der Waals surface area contributed by atoms with Gasteiger partial charge in [0.05, 0.1) is 12.2 Å². The number of esters is 1. The van der Waals surface area contributed by atoms with Crippen molar-refractivity contribution >= 4 is 17.6 Å². The van der Waals surface area contributed by atoms with Crippen LogP contribution in [0.5, 0.6) is 5.75 Å². The molecule has 132 valence electrons. The van der Waals surface area contributed by atoms with Crippen LogP contribution in [0, 0.1) is 0 Å². The minimum Gasteiger partial charge on any atom is -0.481 e. The molecule has 0 aliphatic rings. The summed E-state index contributed by atoms with van der Waals surface area (Å²) in [5, 5.41) is 2.78. The average molecular weight is 341 g/mol. The fraction of sp³-hybridized carbons (Fsp3) is 0.300. The number of nitrogens with one attached hydrogen (secondary N) is 1. The second-order valence-electron chi connectivity index (χ2n) is 5.51. The summed E-state index contributed by atoms with van der Waals surface area (Å²) in [4.78, 5) is 23.9. The molecule has 0 bridgehead atoms. The summed E-state index contributed by atoms with van der Waals surface area (Å²) >= 11 is 0. The molecule has 0 aliphatic carbocycles. The molecule has 0 spiro atoms. The summed E-state index contributed by atoms with van der Waals surface area (Å²) in [5.74, 6) is 0.0772. The summed E-state index contributed by atoms with van der Waals surface area (Å²) in [7, 11) is 0. The molecule has 0 saturated heterocycles. The third-order valence-electron chi connectivity index (χ3n) is 3.69. The number of anilines is 1. The van der Waals surface area contributed by atoms with Gasteiger partial charge in [-0.3, -0.25) is 4.79 Å². The fourth-order valence-corrected chi connectivity index (χ4v) is 2.30. The first-order valence-electron chi connectivity index (χ1n) is 8.37. The number of carbonyl (C=O) groups is 2. The lowest BCUT2D eigenvalue weighted by molar-refractivity contribution is -0.122. The van der Waals surface area contributed by atoms with Crippen molar-refractivity contribution < 1.29 is 19.1 Å². The standard InChI is InChI=1S/C20H23NO4/c1-4-15-8-6-7-9-18(15)25-14(3)19(22)21-17-12-10-16(11-13-17)20(23)24-5-2/h6-14H,4-5H2,1-3H3,(H,21,22)/t14-/m1/s1. The van der Waals surface area contributed by atoms with Gasteiger partial charge in [0.15, 0.2) is 6.10 Å². The van der Waals surface area contributed by atoms with Gasteiger partial charge < -0.3 is 14.8 Å². The Morgan fingerprint density at radius 1 is 1.04 bits per heavy atom. The molecule has 0 fully saturated rings. The van der Waals surface area contributed by atoms with Crippen LogP contribution in [0.3, 0.4) is 0 Å². The van der Waals surface area contributed by atoms with Gasteiger partial charge in [0.1, 0.15) is 5.75 Å². The lowest BCUT2D eigenvalue weighted by Gasteiger charge is -2.17. The van der Waals surface area contributed by atoms with Crippen molar-refractivity contribution in [2.75, 3.05) is 11.9 Å². The van der Waals surface area contributed by atoms with E-state index < -0.39 is 6.10 Å². The summed E-state index contributed by atoms with van der Waals surface area (Å²) in [5.41, 5.74) is 2.10. The zero-order chi connectivity index (χ0) is 18.2. The van der Waals surface area contributed by atoms with Crippen molar-refractivity contribution in [2.24, 2.45) is 0 Å². The molecule has 1 atom stereocenters. The fourth-order valence-electron chi connectivity index (χ4n) is 2.30. The highest BCUT2D eigenvalue weighted by molar-refractivity contribution is 5.95. The smallest absolute Gasteiger partial charge is 0.338 e. The Labute approximate surface area is 148 Å². The summed E-state index contributed by atoms with van der Waals surface area (Å²) in [6.45, 7) is 5.82. The van der Waals surface area contributed by atoms with E-state index in [1.807, 2.05) is 31.2 Å². The van der Waals surface area contributed by atoms with Crippen molar-refractivity contribution in [3.63, 3.8) is 0 Å². The zero-order valence-corrected chi connectivity index (χ0v) is 14.7. The molecule has 0 heterocycles. The van der Waals surface area contributed by atoms with E-state index >= 15 is 0 Å². The van der Waals surface area contributed by atoms with E-state index in [-0.39, 0.29) is 11.9 Å². The van der Waals surface area contributed by atoms with Gasteiger partial charge in [0.25, 0.3) is 5.91 Å². The molecular formula is C20H23NO4. The van der Waals surface area contributed by atoms with E-state index in [9.17, 15) is 9.59 Å². The molecule has 0 saturated carbocycles. The molecule has 0 unspecified atom stereocenters. The Morgan fingerprint density at radius 2 is 1.72 bits per heavy atom. The maximum absolute atomic E-state index is 12.3. The number of aryl methyl sites for hydroxylation is 1. The summed E-state index contributed by atoms with van der Waals surface area (Å²) < 4.78 is 10.7. The first-order chi connectivity index (χ1) is 12.0. The van der Waals surface area contributed by atoms with E-state index in [2.05, 4.69) is 5.32 Å². The van der Waals surface area contributed by atoms with Crippen LogP contribution < -0.4 is 10.1 Å². The van der Waals surface area contributed by atoms with Gasteiger partial charge in [-0.15, -0.1) is 0 Å². The quantitative estimate of drug-likeness (QED) is 0.777. The van der Waals surface area contributed by atoms with Gasteiger partial charge >= 0.3 is 5.97 Å². The largest absolute Gasteiger partial charge is 0.481 e. The highest BCUT2D eigenvalue weighted by Gasteiger charge is 2.16. The predicted molar refractivity (Wildman–Crippen MR) is 96.9 cm³/mol. The Bertz CT molecular complexity index is 725. The lowest BCUT2D eigenvalue weighted by atomic mass is 10.1. The van der Waals surface area contributed by atoms with E-state index in [4.69, 9.17) is 9.47 Å². The molecule has 0 radical (unpaired) electrons. The monoisotopic (exact) mass is 341 g/mol. The van der Waals surface area contributed by atoms with Crippen LogP contribution in [0.2, 0.25) is 0 Å². The number of amides is 1. The van der Waals surface area contributed by atoms with E-state index in [1.165, 1.54) is 0 Å². The first-order valence-corrected chi connectivity index (χ1v) is 8.37. The highest BCUT2D eigenvalue weighted by atomic mass is 16.5. The number of benzene rings is 2. The van der Waals surface area contributed by atoms with Crippen LogP contribution in [-0.4, -0.2) is 24.6 Å². The second-order valence-corrected chi connectivity index (χ2v) is 5.51. The summed E-state index contributed by atoms with van der Waals surface area (Å²) in [6.07, 6.45) is 0.192. The van der Waals surface area contributed by atoms with Gasteiger partial charge in [0.2, 0.25) is 0 Å². The van der Waals surface area contributed by atoms with Gasteiger partial charge in [0, 0.05) is 5.69 Å². The minimum atomic E-state index is -0.641. The van der Waals surface area contributed by atoms with Gasteiger partial charge in [-0.05, 0) is 56.2 Å². The topological polar surface area (TPSA) is 64.6 Å². The van der Waals surface area contributed by atoms with Gasteiger partial charge in [-0.1, -0.05) is 25.1 Å². The van der Waals surface area contributed by atoms with Gasteiger partial charge in [-0.25, -0.2) is 4.79 Å². The Balaban J connectivity index is 1.98. The first kappa shape index (κ1) is 18.5. The van der Waals surface area contributed by atoms with Crippen LogP contribution in [0.1, 0.15) is 36.7 Å². The van der Waals surface area contributed by atoms with Crippen LogP contribution in [-0.2, 0) is 16.0 Å². The predicted octanol–water partition coefficient (Wildman–Crippen LogP) is 3.83. The van der Waals surface area contributed by atoms with Crippen molar-refractivity contribution in [1.29, 1.82) is 0 Å². The Morgan fingerprint density at radius 3 is 2.36 bits per heavy atom.